The van der Waals surface area contributed by atoms with Crippen LogP contribution in [0.5, 0.6) is 0 Å². The monoisotopic (exact) mass is 275 g/mol. The molecule has 0 spiro atoms. The van der Waals surface area contributed by atoms with Gasteiger partial charge in [-0.05, 0) is 31.2 Å². The van der Waals surface area contributed by atoms with Crippen LogP contribution in [0.4, 0.5) is 0 Å². The highest BCUT2D eigenvalue weighted by Crippen LogP contribution is 2.33. The molecule has 0 radical (unpaired) electrons. The lowest BCUT2D eigenvalue weighted by molar-refractivity contribution is -0.151. The highest BCUT2D eigenvalue weighted by molar-refractivity contribution is 5.80. The summed E-state index contributed by atoms with van der Waals surface area (Å²) in [5.41, 5.74) is 0.615. The van der Waals surface area contributed by atoms with Gasteiger partial charge in [-0.1, -0.05) is 49.6 Å². The van der Waals surface area contributed by atoms with Gasteiger partial charge in [0.05, 0.1) is 7.11 Å². The van der Waals surface area contributed by atoms with E-state index in [9.17, 15) is 4.79 Å². The third-order valence-electron chi connectivity index (χ3n) is 4.53. The number of carbonyl (C=O) groups is 1. The molecule has 1 aliphatic carbocycles. The Balaban J connectivity index is 2.08. The molecule has 0 saturated heterocycles. The van der Waals surface area contributed by atoms with Gasteiger partial charge in [0.2, 0.25) is 0 Å². The Kier molecular flexibility index (Phi) is 5.18. The zero-order valence-electron chi connectivity index (χ0n) is 12.5. The van der Waals surface area contributed by atoms with Gasteiger partial charge in [-0.2, -0.15) is 0 Å². The molecular weight excluding hydrogens is 250 g/mol. The largest absolute Gasteiger partial charge is 0.468 e. The fourth-order valence-corrected chi connectivity index (χ4v) is 3.16. The molecule has 1 saturated carbocycles. The van der Waals surface area contributed by atoms with Gasteiger partial charge >= 0.3 is 5.97 Å². The third kappa shape index (κ3) is 3.40. The van der Waals surface area contributed by atoms with Crippen LogP contribution in [0, 0.1) is 5.92 Å². The standard InChI is InChI=1S/C17H25NO2/c1-17(16(19)20-2,15-11-7-4-8-12-15)18-13-14-9-5-3-6-10-14/h3,5-6,9-10,15,18H,4,7-8,11-13H2,1-2H3. The summed E-state index contributed by atoms with van der Waals surface area (Å²) in [6.07, 6.45) is 5.92. The molecule has 0 aliphatic heterocycles. The number of nitrogens with one attached hydrogen (secondary N) is 1. The second kappa shape index (κ2) is 6.89. The Labute approximate surface area is 121 Å². The van der Waals surface area contributed by atoms with Crippen LogP contribution in [0.15, 0.2) is 30.3 Å². The minimum atomic E-state index is -0.578. The Morgan fingerprint density at radius 1 is 1.25 bits per heavy atom. The lowest BCUT2D eigenvalue weighted by Crippen LogP contribution is -2.55. The van der Waals surface area contributed by atoms with E-state index in [0.29, 0.717) is 12.5 Å². The second-order valence-electron chi connectivity index (χ2n) is 5.87. The smallest absolute Gasteiger partial charge is 0.326 e. The molecule has 1 unspecified atom stereocenters. The summed E-state index contributed by atoms with van der Waals surface area (Å²) in [4.78, 5) is 12.3. The van der Waals surface area contributed by atoms with Crippen LogP contribution >= 0.6 is 0 Å². The van der Waals surface area contributed by atoms with Crippen molar-refractivity contribution in [2.45, 2.75) is 51.1 Å². The number of hydrogen-bond acceptors (Lipinski definition) is 3. The molecule has 0 heterocycles. The van der Waals surface area contributed by atoms with Gasteiger partial charge in [-0.25, -0.2) is 0 Å². The summed E-state index contributed by atoms with van der Waals surface area (Å²) in [5, 5.41) is 3.46. The number of methoxy groups -OCH3 is 1. The Morgan fingerprint density at radius 2 is 1.90 bits per heavy atom. The highest BCUT2D eigenvalue weighted by atomic mass is 16.5. The molecule has 0 aromatic heterocycles. The van der Waals surface area contributed by atoms with Crippen molar-refractivity contribution in [1.82, 2.24) is 5.32 Å². The molecule has 3 nitrogen and oxygen atoms in total. The number of benzene rings is 1. The molecular formula is C17H25NO2. The summed E-state index contributed by atoms with van der Waals surface area (Å²) in [7, 11) is 1.48. The van der Waals surface area contributed by atoms with Gasteiger partial charge in [0.1, 0.15) is 5.54 Å². The maximum Gasteiger partial charge on any atom is 0.326 e. The highest BCUT2D eigenvalue weighted by Gasteiger charge is 2.42. The van der Waals surface area contributed by atoms with Gasteiger partial charge in [-0.3, -0.25) is 10.1 Å². The van der Waals surface area contributed by atoms with Gasteiger partial charge < -0.3 is 4.74 Å². The summed E-state index contributed by atoms with van der Waals surface area (Å²) >= 11 is 0. The van der Waals surface area contributed by atoms with Crippen LogP contribution in [-0.4, -0.2) is 18.6 Å². The van der Waals surface area contributed by atoms with Crippen molar-refractivity contribution >= 4 is 5.97 Å². The maximum absolute atomic E-state index is 12.3. The van der Waals surface area contributed by atoms with Gasteiger partial charge in [0, 0.05) is 6.54 Å². The lowest BCUT2D eigenvalue weighted by atomic mass is 9.75. The molecule has 0 amide bonds. The van der Waals surface area contributed by atoms with E-state index in [0.717, 1.165) is 12.8 Å². The number of esters is 1. The van der Waals surface area contributed by atoms with E-state index in [1.54, 1.807) is 0 Å². The number of ether oxygens (including phenoxy) is 1. The fourth-order valence-electron chi connectivity index (χ4n) is 3.16. The summed E-state index contributed by atoms with van der Waals surface area (Å²) in [5.74, 6) is 0.229. The SMILES string of the molecule is COC(=O)C(C)(NCc1ccccc1)C1CCCCC1. The number of carbonyl (C=O) groups excluding carboxylic acids is 1. The first-order chi connectivity index (χ1) is 9.66. The molecule has 2 rings (SSSR count). The van der Waals surface area contributed by atoms with E-state index in [1.807, 2.05) is 25.1 Å². The van der Waals surface area contributed by atoms with Gasteiger partial charge in [-0.15, -0.1) is 0 Å². The van der Waals surface area contributed by atoms with Crippen LogP contribution in [0.1, 0.15) is 44.6 Å². The van der Waals surface area contributed by atoms with Gasteiger partial charge in [0.25, 0.3) is 0 Å². The average molecular weight is 275 g/mol. The van der Waals surface area contributed by atoms with Crippen molar-refractivity contribution in [3.05, 3.63) is 35.9 Å². The predicted octanol–water partition coefficient (Wildman–Crippen LogP) is 3.29. The normalized spacial score (nSPS) is 19.3. The number of rotatable bonds is 5. The molecule has 20 heavy (non-hydrogen) atoms. The van der Waals surface area contributed by atoms with Crippen LogP contribution in [0.3, 0.4) is 0 Å². The molecule has 110 valence electrons. The van der Waals surface area contributed by atoms with E-state index in [4.69, 9.17) is 4.74 Å². The van der Waals surface area contributed by atoms with Crippen LogP contribution in [0.2, 0.25) is 0 Å². The minimum Gasteiger partial charge on any atom is -0.468 e. The first-order valence-electron chi connectivity index (χ1n) is 7.54. The van der Waals surface area contributed by atoms with Crippen LogP contribution in [0.25, 0.3) is 0 Å². The average Bonchev–Trinajstić information content (AvgIpc) is 2.53. The molecule has 1 atom stereocenters. The van der Waals surface area contributed by atoms with Crippen molar-refractivity contribution in [1.29, 1.82) is 0 Å². The van der Waals surface area contributed by atoms with Crippen molar-refractivity contribution in [2.24, 2.45) is 5.92 Å². The van der Waals surface area contributed by atoms with E-state index in [1.165, 1.54) is 31.9 Å². The number of hydrogen-bond donors (Lipinski definition) is 1. The first-order valence-corrected chi connectivity index (χ1v) is 7.54. The maximum atomic E-state index is 12.3. The van der Waals surface area contributed by atoms with E-state index < -0.39 is 5.54 Å². The minimum absolute atomic E-state index is 0.139. The topological polar surface area (TPSA) is 38.3 Å². The Hall–Kier alpha value is -1.35. The van der Waals surface area contributed by atoms with Crippen LogP contribution in [-0.2, 0) is 16.1 Å². The van der Waals surface area contributed by atoms with Crippen molar-refractivity contribution in [3.8, 4) is 0 Å². The molecule has 1 aromatic carbocycles. The molecule has 1 aliphatic rings. The van der Waals surface area contributed by atoms with E-state index in [-0.39, 0.29) is 5.97 Å². The molecule has 3 heteroatoms. The molecule has 0 bridgehead atoms. The van der Waals surface area contributed by atoms with E-state index >= 15 is 0 Å². The van der Waals surface area contributed by atoms with Crippen LogP contribution < -0.4 is 5.32 Å². The zero-order valence-corrected chi connectivity index (χ0v) is 12.5. The van der Waals surface area contributed by atoms with E-state index in [2.05, 4.69) is 17.4 Å². The lowest BCUT2D eigenvalue weighted by Gasteiger charge is -2.38. The first kappa shape index (κ1) is 15.0. The van der Waals surface area contributed by atoms with Crippen molar-refractivity contribution < 1.29 is 9.53 Å². The van der Waals surface area contributed by atoms with Crippen molar-refractivity contribution in [2.75, 3.05) is 7.11 Å². The molecule has 1 aromatic rings. The van der Waals surface area contributed by atoms with Gasteiger partial charge in [0.15, 0.2) is 0 Å². The quantitative estimate of drug-likeness (QED) is 0.838. The Bertz CT molecular complexity index is 426. The molecule has 1 N–H and O–H groups in total. The second-order valence-corrected chi connectivity index (χ2v) is 5.87. The summed E-state index contributed by atoms with van der Waals surface area (Å²) in [6.45, 7) is 2.70. The predicted molar refractivity (Wildman–Crippen MR) is 80.3 cm³/mol. The Morgan fingerprint density at radius 3 is 2.50 bits per heavy atom. The summed E-state index contributed by atoms with van der Waals surface area (Å²) < 4.78 is 5.06. The zero-order chi connectivity index (χ0) is 14.4. The van der Waals surface area contributed by atoms with Crippen molar-refractivity contribution in [3.63, 3.8) is 0 Å². The summed E-state index contributed by atoms with van der Waals surface area (Å²) in [6, 6.07) is 10.2. The third-order valence-corrected chi connectivity index (χ3v) is 4.53. The fraction of sp³-hybridized carbons (Fsp3) is 0.588. The molecule has 1 fully saturated rings.